The van der Waals surface area contributed by atoms with Crippen LogP contribution in [0.5, 0.6) is 0 Å². The van der Waals surface area contributed by atoms with E-state index in [1.165, 1.54) is 0 Å². The summed E-state index contributed by atoms with van der Waals surface area (Å²) in [6.45, 7) is 2.46. The van der Waals surface area contributed by atoms with Crippen molar-refractivity contribution in [3.63, 3.8) is 0 Å². The van der Waals surface area contributed by atoms with Crippen molar-refractivity contribution in [1.29, 1.82) is 0 Å². The molecule has 3 amide bonds. The number of carbonyl (C=O) groups excluding carboxylic acids is 3. The van der Waals surface area contributed by atoms with E-state index >= 15 is 0 Å². The molecule has 1 aliphatic carbocycles. The van der Waals surface area contributed by atoms with Crippen molar-refractivity contribution in [2.24, 2.45) is 0 Å². The van der Waals surface area contributed by atoms with Crippen molar-refractivity contribution >= 4 is 45.8 Å². The second-order valence-corrected chi connectivity index (χ2v) is 10.4. The maximum absolute atomic E-state index is 13.5. The molecule has 0 spiro atoms. The minimum atomic E-state index is -0.629. The number of hydrogen-bond donors (Lipinski definition) is 1. The van der Waals surface area contributed by atoms with Crippen molar-refractivity contribution in [2.45, 2.75) is 64.1 Å². The fourth-order valence-electron chi connectivity index (χ4n) is 5.52. The first-order chi connectivity index (χ1) is 17.9. The van der Waals surface area contributed by atoms with Gasteiger partial charge in [0, 0.05) is 41.5 Å². The average molecular weight is 518 g/mol. The number of hydrogen-bond acceptors (Lipinski definition) is 3. The van der Waals surface area contributed by atoms with E-state index in [9.17, 15) is 14.4 Å². The lowest BCUT2D eigenvalue weighted by atomic mass is 10.1. The monoisotopic (exact) mass is 517 g/mol. The average Bonchev–Trinajstić information content (AvgIpc) is 3.51. The number of rotatable bonds is 9. The van der Waals surface area contributed by atoms with Gasteiger partial charge < -0.3 is 15.1 Å². The van der Waals surface area contributed by atoms with E-state index in [2.05, 4.69) is 5.32 Å². The molecule has 3 aromatic carbocycles. The van der Waals surface area contributed by atoms with Gasteiger partial charge in [-0.25, -0.2) is 0 Å². The number of amides is 3. The third-order valence-corrected chi connectivity index (χ3v) is 7.96. The molecule has 1 saturated carbocycles. The summed E-state index contributed by atoms with van der Waals surface area (Å²) >= 11 is 6.40. The molecule has 0 saturated heterocycles. The van der Waals surface area contributed by atoms with E-state index in [4.69, 9.17) is 11.6 Å². The highest BCUT2D eigenvalue weighted by molar-refractivity contribution is 6.31. The van der Waals surface area contributed by atoms with Gasteiger partial charge in [0.2, 0.25) is 11.8 Å². The fourth-order valence-corrected chi connectivity index (χ4v) is 5.71. The molecule has 1 fully saturated rings. The minimum absolute atomic E-state index is 0.0310. The lowest BCUT2D eigenvalue weighted by molar-refractivity contribution is -0.141. The van der Waals surface area contributed by atoms with E-state index in [-0.39, 0.29) is 36.7 Å². The lowest BCUT2D eigenvalue weighted by Gasteiger charge is -2.30. The maximum atomic E-state index is 13.5. The molecule has 7 heteroatoms. The Kier molecular flexibility index (Phi) is 7.47. The van der Waals surface area contributed by atoms with Crippen LogP contribution in [0.25, 0.3) is 10.8 Å². The van der Waals surface area contributed by atoms with Gasteiger partial charge in [0.1, 0.15) is 6.04 Å². The molecule has 3 aromatic rings. The third kappa shape index (κ3) is 5.21. The van der Waals surface area contributed by atoms with Crippen LogP contribution in [0.15, 0.2) is 60.7 Å². The Morgan fingerprint density at radius 1 is 1.05 bits per heavy atom. The molecule has 6 nitrogen and oxygen atoms in total. The zero-order valence-corrected chi connectivity index (χ0v) is 21.8. The van der Waals surface area contributed by atoms with Crippen LogP contribution in [0.2, 0.25) is 5.02 Å². The molecule has 1 atom stereocenters. The predicted molar refractivity (Wildman–Crippen MR) is 147 cm³/mol. The zero-order valence-electron chi connectivity index (χ0n) is 21.1. The molecule has 2 aliphatic rings. The molecular formula is C30H32ClN3O3. The second-order valence-electron chi connectivity index (χ2n) is 10.0. The van der Waals surface area contributed by atoms with E-state index in [0.29, 0.717) is 23.6 Å². The van der Waals surface area contributed by atoms with E-state index < -0.39 is 6.04 Å². The molecule has 0 radical (unpaired) electrons. The largest absolute Gasteiger partial charge is 0.352 e. The summed E-state index contributed by atoms with van der Waals surface area (Å²) in [6, 6.07) is 18.6. The number of carbonyl (C=O) groups is 3. The number of nitrogens with zero attached hydrogens (tertiary/aromatic N) is 2. The Morgan fingerprint density at radius 2 is 1.78 bits per heavy atom. The Morgan fingerprint density at radius 3 is 2.54 bits per heavy atom. The van der Waals surface area contributed by atoms with Gasteiger partial charge in [0.05, 0.1) is 5.69 Å². The number of nitrogens with one attached hydrogen (secondary N) is 1. The van der Waals surface area contributed by atoms with Crippen LogP contribution in [-0.4, -0.2) is 41.2 Å². The molecule has 1 heterocycles. The van der Waals surface area contributed by atoms with Crippen LogP contribution >= 0.6 is 11.6 Å². The second kappa shape index (κ2) is 10.9. The molecule has 1 N–H and O–H groups in total. The molecule has 192 valence electrons. The van der Waals surface area contributed by atoms with Crippen molar-refractivity contribution in [2.75, 3.05) is 11.4 Å². The van der Waals surface area contributed by atoms with Crippen LogP contribution < -0.4 is 10.2 Å². The molecule has 5 rings (SSSR count). The standard InChI is InChI=1S/C30H32ClN3O3/c1-20(29(36)32-23-12-3-4-13-23)34(19-22-9-2-5-15-25(22)31)27(35)17-8-18-33-26-16-7-11-21-10-6-14-24(28(21)26)30(33)37/h2,5-7,9-11,14-16,20,23H,3-4,8,12-13,17-19H2,1H3,(H,32,36)/t20-/m0/s1. The first-order valence-corrected chi connectivity index (χ1v) is 13.5. The highest BCUT2D eigenvalue weighted by Crippen LogP contribution is 2.37. The van der Waals surface area contributed by atoms with E-state index in [1.54, 1.807) is 22.8 Å². The van der Waals surface area contributed by atoms with Crippen molar-refractivity contribution in [3.05, 3.63) is 76.8 Å². The van der Waals surface area contributed by atoms with Gasteiger partial charge in [0.15, 0.2) is 0 Å². The summed E-state index contributed by atoms with van der Waals surface area (Å²) in [7, 11) is 0. The van der Waals surface area contributed by atoms with Gasteiger partial charge in [-0.15, -0.1) is 0 Å². The van der Waals surface area contributed by atoms with Crippen LogP contribution in [-0.2, 0) is 16.1 Å². The first-order valence-electron chi connectivity index (χ1n) is 13.1. The van der Waals surface area contributed by atoms with Crippen LogP contribution in [0.4, 0.5) is 5.69 Å². The quantitative estimate of drug-likeness (QED) is 0.395. The zero-order chi connectivity index (χ0) is 25.9. The Bertz CT molecular complexity index is 1330. The number of benzene rings is 3. The predicted octanol–water partition coefficient (Wildman–Crippen LogP) is 5.71. The number of anilines is 1. The lowest BCUT2D eigenvalue weighted by Crippen LogP contribution is -2.49. The van der Waals surface area contributed by atoms with Gasteiger partial charge in [-0.3, -0.25) is 14.4 Å². The van der Waals surface area contributed by atoms with E-state index in [1.807, 2.05) is 54.6 Å². The molecule has 0 aromatic heterocycles. The summed E-state index contributed by atoms with van der Waals surface area (Å²) in [5, 5.41) is 5.70. The Hall–Kier alpha value is -3.38. The van der Waals surface area contributed by atoms with Crippen molar-refractivity contribution in [3.8, 4) is 0 Å². The first kappa shape index (κ1) is 25.3. The third-order valence-electron chi connectivity index (χ3n) is 7.59. The van der Waals surface area contributed by atoms with Gasteiger partial charge in [-0.2, -0.15) is 0 Å². The van der Waals surface area contributed by atoms with Gasteiger partial charge in [0.25, 0.3) is 5.91 Å². The van der Waals surface area contributed by atoms with Crippen LogP contribution in [0.1, 0.15) is 61.4 Å². The van der Waals surface area contributed by atoms with Crippen LogP contribution in [0, 0.1) is 0 Å². The highest BCUT2D eigenvalue weighted by atomic mass is 35.5. The Balaban J connectivity index is 1.28. The van der Waals surface area contributed by atoms with Crippen molar-refractivity contribution in [1.82, 2.24) is 10.2 Å². The van der Waals surface area contributed by atoms with Crippen LogP contribution in [0.3, 0.4) is 0 Å². The molecule has 1 aliphatic heterocycles. The molecular weight excluding hydrogens is 486 g/mol. The molecule has 0 bridgehead atoms. The van der Waals surface area contributed by atoms with Crippen molar-refractivity contribution < 1.29 is 14.4 Å². The SMILES string of the molecule is C[C@@H](C(=O)NC1CCCC1)N(Cc1ccccc1Cl)C(=O)CCCN1C(=O)c2cccc3cccc1c23. The van der Waals surface area contributed by atoms with Gasteiger partial charge in [-0.1, -0.05) is 66.9 Å². The molecule has 0 unspecified atom stereocenters. The smallest absolute Gasteiger partial charge is 0.258 e. The topological polar surface area (TPSA) is 69.7 Å². The summed E-state index contributed by atoms with van der Waals surface area (Å²) < 4.78 is 0. The molecule has 37 heavy (non-hydrogen) atoms. The minimum Gasteiger partial charge on any atom is -0.352 e. The highest BCUT2D eigenvalue weighted by Gasteiger charge is 2.31. The maximum Gasteiger partial charge on any atom is 0.258 e. The normalized spacial score (nSPS) is 15.8. The summed E-state index contributed by atoms with van der Waals surface area (Å²) in [4.78, 5) is 43.1. The van der Waals surface area contributed by atoms with Gasteiger partial charge >= 0.3 is 0 Å². The Labute approximate surface area is 222 Å². The number of halogens is 1. The summed E-state index contributed by atoms with van der Waals surface area (Å²) in [5.41, 5.74) is 2.40. The summed E-state index contributed by atoms with van der Waals surface area (Å²) in [6.07, 6.45) is 4.92. The summed E-state index contributed by atoms with van der Waals surface area (Å²) in [5.74, 6) is -0.294. The fraction of sp³-hybridized carbons (Fsp3) is 0.367. The van der Waals surface area contributed by atoms with E-state index in [0.717, 1.165) is 47.7 Å². The van der Waals surface area contributed by atoms with Gasteiger partial charge in [-0.05, 0) is 55.3 Å².